The third kappa shape index (κ3) is 5.05. The van der Waals surface area contributed by atoms with Crippen LogP contribution in [0.15, 0.2) is 35.1 Å². The van der Waals surface area contributed by atoms with Crippen molar-refractivity contribution in [2.24, 2.45) is 7.05 Å². The van der Waals surface area contributed by atoms with Gasteiger partial charge in [-0.3, -0.25) is 14.2 Å². The van der Waals surface area contributed by atoms with Crippen LogP contribution < -0.4 is 15.0 Å². The van der Waals surface area contributed by atoms with Crippen molar-refractivity contribution in [3.63, 3.8) is 0 Å². The van der Waals surface area contributed by atoms with Crippen molar-refractivity contribution < 1.29 is 37.0 Å². The van der Waals surface area contributed by atoms with Crippen LogP contribution in [0.4, 0.5) is 13.2 Å². The molecule has 182 valence electrons. The Hall–Kier alpha value is -3.83. The van der Waals surface area contributed by atoms with E-state index < -0.39 is 53.5 Å². The van der Waals surface area contributed by atoms with Crippen LogP contribution >= 0.6 is 0 Å². The number of Topliss-reactive ketones (excluding diaryl/α,β-unsaturated/α-hetero) is 1. The minimum absolute atomic E-state index is 0.0630. The summed E-state index contributed by atoms with van der Waals surface area (Å²) in [5, 5.41) is -0.404. The van der Waals surface area contributed by atoms with Gasteiger partial charge in [-0.25, -0.2) is 4.79 Å². The van der Waals surface area contributed by atoms with E-state index in [1.165, 1.54) is 14.0 Å². The molecule has 34 heavy (non-hydrogen) atoms. The average molecular weight is 481 g/mol. The number of hydrogen-bond donors (Lipinski definition) is 0. The van der Waals surface area contributed by atoms with E-state index in [-0.39, 0.29) is 24.9 Å². The lowest BCUT2D eigenvalue weighted by Crippen LogP contribution is -2.28. The first-order chi connectivity index (χ1) is 16.1. The monoisotopic (exact) mass is 481 g/mol. The minimum Gasteiger partial charge on any atom is -0.481 e. The Morgan fingerprint density at radius 1 is 1.06 bits per heavy atom. The van der Waals surface area contributed by atoms with E-state index in [0.29, 0.717) is 5.56 Å². The molecule has 9 nitrogen and oxygen atoms in total. The molecule has 0 spiro atoms. The van der Waals surface area contributed by atoms with Crippen molar-refractivity contribution in [1.82, 2.24) is 14.1 Å². The van der Waals surface area contributed by atoms with Crippen LogP contribution in [0.1, 0.15) is 34.7 Å². The van der Waals surface area contributed by atoms with Gasteiger partial charge in [0, 0.05) is 12.6 Å². The number of hydrogen-bond acceptors (Lipinski definition) is 7. The fourth-order valence-corrected chi connectivity index (χ4v) is 3.30. The van der Waals surface area contributed by atoms with Gasteiger partial charge in [0.1, 0.15) is 5.39 Å². The normalized spacial score (nSPS) is 11.5. The number of halogens is 3. The van der Waals surface area contributed by atoms with Crippen molar-refractivity contribution >= 4 is 22.8 Å². The van der Waals surface area contributed by atoms with Crippen LogP contribution in [0, 0.1) is 0 Å². The van der Waals surface area contributed by atoms with Gasteiger partial charge in [0.05, 0.1) is 19.8 Å². The van der Waals surface area contributed by atoms with E-state index in [4.69, 9.17) is 14.2 Å². The number of carbonyl (C=O) groups excluding carboxylic acids is 2. The molecule has 3 aromatic rings. The SMILES string of the molecule is CCOC(=O)c1c(OCC(F)(F)F)c2c(=O)n(CC(=O)c3ccccc3)c(OCC)nc2n1C. The number of nitrogens with zero attached hydrogens (tertiary/aromatic N) is 3. The third-order valence-electron chi connectivity index (χ3n) is 4.73. The molecule has 0 aliphatic heterocycles. The molecule has 3 rings (SSSR count). The standard InChI is InChI=1S/C22H22F3N3O6/c1-4-32-20(31)16-17(34-12-22(23,24)25)15-18(27(16)3)26-21(33-5-2)28(19(15)30)11-14(29)13-9-7-6-8-10-13/h6-10H,4-5,11-12H2,1-3H3. The molecule has 0 fully saturated rings. The molecule has 1 aromatic carbocycles. The molecule has 0 saturated carbocycles. The smallest absolute Gasteiger partial charge is 0.422 e. The molecule has 0 aliphatic rings. The summed E-state index contributed by atoms with van der Waals surface area (Å²) in [6.45, 7) is 0.922. The predicted molar refractivity (Wildman–Crippen MR) is 114 cm³/mol. The Labute approximate surface area is 191 Å². The lowest BCUT2D eigenvalue weighted by atomic mass is 10.1. The molecule has 0 amide bonds. The van der Waals surface area contributed by atoms with Crippen molar-refractivity contribution in [1.29, 1.82) is 0 Å². The van der Waals surface area contributed by atoms with Gasteiger partial charge in [0.25, 0.3) is 5.56 Å². The first-order valence-corrected chi connectivity index (χ1v) is 10.3. The number of benzene rings is 1. The van der Waals surface area contributed by atoms with Gasteiger partial charge in [-0.05, 0) is 13.8 Å². The summed E-state index contributed by atoms with van der Waals surface area (Å²) < 4.78 is 56.0. The highest BCUT2D eigenvalue weighted by atomic mass is 19.4. The number of carbonyl (C=O) groups is 2. The van der Waals surface area contributed by atoms with Crippen LogP contribution in [0.3, 0.4) is 0 Å². The van der Waals surface area contributed by atoms with Gasteiger partial charge in [-0.15, -0.1) is 0 Å². The third-order valence-corrected chi connectivity index (χ3v) is 4.73. The van der Waals surface area contributed by atoms with Crippen LogP contribution in [-0.2, 0) is 18.3 Å². The minimum atomic E-state index is -4.74. The van der Waals surface area contributed by atoms with Crippen LogP contribution in [-0.4, -0.2) is 51.9 Å². The number of alkyl halides is 3. The van der Waals surface area contributed by atoms with Crippen molar-refractivity contribution in [2.75, 3.05) is 19.8 Å². The zero-order valence-corrected chi connectivity index (χ0v) is 18.6. The van der Waals surface area contributed by atoms with E-state index in [9.17, 15) is 27.6 Å². The maximum absolute atomic E-state index is 13.4. The molecule has 0 bridgehead atoms. The summed E-state index contributed by atoms with van der Waals surface area (Å²) >= 11 is 0. The largest absolute Gasteiger partial charge is 0.481 e. The molecular weight excluding hydrogens is 459 g/mol. The summed E-state index contributed by atoms with van der Waals surface area (Å²) in [5.74, 6) is -2.08. The second-order valence-electron chi connectivity index (χ2n) is 7.07. The molecule has 0 atom stereocenters. The maximum Gasteiger partial charge on any atom is 0.422 e. The van der Waals surface area contributed by atoms with Gasteiger partial charge >= 0.3 is 18.2 Å². The zero-order chi connectivity index (χ0) is 25.0. The Bertz CT molecular complexity index is 1270. The second kappa shape index (κ2) is 9.98. The zero-order valence-electron chi connectivity index (χ0n) is 18.6. The summed E-state index contributed by atoms with van der Waals surface area (Å²) in [6, 6.07) is 7.88. The van der Waals surface area contributed by atoms with E-state index in [0.717, 1.165) is 9.13 Å². The van der Waals surface area contributed by atoms with Crippen molar-refractivity contribution in [3.05, 3.63) is 51.9 Å². The molecule has 0 N–H and O–H groups in total. The number of fused-ring (bicyclic) bond motifs is 1. The molecule has 0 saturated heterocycles. The fourth-order valence-electron chi connectivity index (χ4n) is 3.30. The molecular formula is C22H22F3N3O6. The molecule has 2 heterocycles. The average Bonchev–Trinajstić information content (AvgIpc) is 3.07. The van der Waals surface area contributed by atoms with Crippen molar-refractivity contribution in [3.8, 4) is 11.8 Å². The number of ether oxygens (including phenoxy) is 3. The summed E-state index contributed by atoms with van der Waals surface area (Å²) in [7, 11) is 1.33. The van der Waals surface area contributed by atoms with Gasteiger partial charge in [-0.1, -0.05) is 30.3 Å². The highest BCUT2D eigenvalue weighted by Gasteiger charge is 2.34. The van der Waals surface area contributed by atoms with Crippen LogP contribution in [0.2, 0.25) is 0 Å². The molecule has 0 unspecified atom stereocenters. The Balaban J connectivity index is 2.25. The van der Waals surface area contributed by atoms with Gasteiger partial charge in [0.2, 0.25) is 0 Å². The number of esters is 1. The number of aryl methyl sites for hydroxylation is 1. The van der Waals surface area contributed by atoms with Crippen LogP contribution in [0.25, 0.3) is 11.0 Å². The van der Waals surface area contributed by atoms with E-state index in [1.54, 1.807) is 37.3 Å². The maximum atomic E-state index is 13.4. The topological polar surface area (TPSA) is 102 Å². The number of rotatable bonds is 9. The highest BCUT2D eigenvalue weighted by molar-refractivity contribution is 6.01. The summed E-state index contributed by atoms with van der Waals surface area (Å²) in [5.41, 5.74) is -1.16. The van der Waals surface area contributed by atoms with E-state index in [2.05, 4.69) is 4.98 Å². The van der Waals surface area contributed by atoms with Gasteiger partial charge < -0.3 is 18.8 Å². The molecule has 2 aromatic heterocycles. The lowest BCUT2D eigenvalue weighted by molar-refractivity contribution is -0.153. The van der Waals surface area contributed by atoms with Gasteiger partial charge in [0.15, 0.2) is 29.5 Å². The van der Waals surface area contributed by atoms with E-state index in [1.807, 2.05) is 0 Å². The van der Waals surface area contributed by atoms with Gasteiger partial charge in [-0.2, -0.15) is 18.2 Å². The first-order valence-electron chi connectivity index (χ1n) is 10.3. The number of aromatic nitrogens is 3. The molecule has 0 aliphatic carbocycles. The summed E-state index contributed by atoms with van der Waals surface area (Å²) in [6.07, 6.45) is -4.74. The highest BCUT2D eigenvalue weighted by Crippen LogP contribution is 2.32. The lowest BCUT2D eigenvalue weighted by Gasteiger charge is -2.13. The quantitative estimate of drug-likeness (QED) is 0.342. The number of ketones is 1. The fraction of sp³-hybridized carbons (Fsp3) is 0.364. The Kier molecular flexibility index (Phi) is 7.28. The Morgan fingerprint density at radius 2 is 1.74 bits per heavy atom. The predicted octanol–water partition coefficient (Wildman–Crippen LogP) is 3.13. The first kappa shape index (κ1) is 24.8. The Morgan fingerprint density at radius 3 is 2.32 bits per heavy atom. The van der Waals surface area contributed by atoms with E-state index >= 15 is 0 Å². The second-order valence-corrected chi connectivity index (χ2v) is 7.07. The summed E-state index contributed by atoms with van der Waals surface area (Å²) in [4.78, 5) is 43.0. The van der Waals surface area contributed by atoms with Crippen LogP contribution in [0.5, 0.6) is 11.8 Å². The molecule has 12 heteroatoms. The molecule has 0 radical (unpaired) electrons. The van der Waals surface area contributed by atoms with Crippen molar-refractivity contribution in [2.45, 2.75) is 26.6 Å².